The molecule has 0 unspecified atom stereocenters. The van der Waals surface area contributed by atoms with Gasteiger partial charge in [0, 0.05) is 38.9 Å². The van der Waals surface area contributed by atoms with Crippen molar-refractivity contribution in [3.05, 3.63) is 218 Å². The van der Waals surface area contributed by atoms with Crippen LogP contribution in [0.2, 0.25) is 0 Å². The van der Waals surface area contributed by atoms with Crippen LogP contribution in [0.1, 0.15) is 0 Å². The maximum absolute atomic E-state index is 2.43. The smallest absolute Gasteiger partial charge is 0.0619 e. The summed E-state index contributed by atoms with van der Waals surface area (Å²) in [5.41, 5.74) is 14.2. The van der Waals surface area contributed by atoms with Crippen LogP contribution >= 0.6 is 0 Å². The zero-order valence-corrected chi connectivity index (χ0v) is 29.7. The van der Waals surface area contributed by atoms with Crippen LogP contribution in [0.3, 0.4) is 0 Å². The summed E-state index contributed by atoms with van der Waals surface area (Å²) in [5, 5.41) is 5.06. The van der Waals surface area contributed by atoms with Crippen LogP contribution in [0.5, 0.6) is 0 Å². The number of nitrogens with zero attached hydrogens (tertiary/aromatic N) is 2. The number of rotatable bonds is 7. The fraction of sp³-hybridized carbons (Fsp3) is 0. The van der Waals surface area contributed by atoms with Gasteiger partial charge in [0.05, 0.1) is 11.0 Å². The van der Waals surface area contributed by atoms with Crippen molar-refractivity contribution in [2.24, 2.45) is 0 Å². The third-order valence-electron chi connectivity index (χ3n) is 10.6. The second kappa shape index (κ2) is 13.4. The third kappa shape index (κ3) is 5.53. The van der Waals surface area contributed by atoms with Crippen molar-refractivity contribution in [3.63, 3.8) is 0 Å². The molecule has 54 heavy (non-hydrogen) atoms. The van der Waals surface area contributed by atoms with E-state index in [4.69, 9.17) is 0 Å². The van der Waals surface area contributed by atoms with E-state index in [-0.39, 0.29) is 0 Å². The van der Waals surface area contributed by atoms with Gasteiger partial charge in [-0.1, -0.05) is 164 Å². The van der Waals surface area contributed by atoms with Gasteiger partial charge in [0.2, 0.25) is 0 Å². The van der Waals surface area contributed by atoms with Crippen LogP contribution in [0.25, 0.3) is 71.6 Å². The van der Waals surface area contributed by atoms with Gasteiger partial charge in [-0.25, -0.2) is 0 Å². The molecular formula is C52H36N2. The Hall–Kier alpha value is -7.16. The molecule has 0 aliphatic rings. The highest BCUT2D eigenvalue weighted by molar-refractivity contribution is 6.18. The van der Waals surface area contributed by atoms with Crippen LogP contribution in [0, 0.1) is 0 Å². The first-order valence-corrected chi connectivity index (χ1v) is 18.5. The standard InChI is InChI=1S/C52H36N2/c1-3-13-37(14-4-1)38-23-30-43(31-24-38)53(42-16-5-2-6-17-42)44-32-25-40(26-33-44)46-18-9-10-19-47(46)41-27-34-45(35-28-41)54-51-22-12-11-21-49(51)50-36-29-39-15-7-8-20-48(39)52(50)54/h1-36H. The molecule has 0 atom stereocenters. The molecule has 0 bridgehead atoms. The Morgan fingerprint density at radius 1 is 0.296 bits per heavy atom. The normalized spacial score (nSPS) is 11.3. The number of aromatic nitrogens is 1. The van der Waals surface area contributed by atoms with Gasteiger partial charge in [0.15, 0.2) is 0 Å². The van der Waals surface area contributed by atoms with E-state index in [0.29, 0.717) is 0 Å². The Balaban J connectivity index is 1.01. The number of para-hydroxylation sites is 2. The number of anilines is 3. The van der Waals surface area contributed by atoms with Crippen molar-refractivity contribution in [1.29, 1.82) is 0 Å². The lowest BCUT2D eigenvalue weighted by Crippen LogP contribution is -2.09. The predicted molar refractivity (Wildman–Crippen MR) is 229 cm³/mol. The summed E-state index contributed by atoms with van der Waals surface area (Å²) in [5.74, 6) is 0. The maximum atomic E-state index is 2.43. The van der Waals surface area contributed by atoms with E-state index >= 15 is 0 Å². The topological polar surface area (TPSA) is 8.17 Å². The summed E-state index contributed by atoms with van der Waals surface area (Å²) in [7, 11) is 0. The molecule has 10 aromatic rings. The zero-order chi connectivity index (χ0) is 35.8. The quantitative estimate of drug-likeness (QED) is 0.162. The van der Waals surface area contributed by atoms with Crippen LogP contribution in [0.4, 0.5) is 17.1 Å². The molecule has 10 rings (SSSR count). The minimum absolute atomic E-state index is 1.11. The molecule has 0 fully saturated rings. The largest absolute Gasteiger partial charge is 0.311 e. The molecule has 0 saturated heterocycles. The summed E-state index contributed by atoms with van der Waals surface area (Å²) in [6, 6.07) is 78.7. The summed E-state index contributed by atoms with van der Waals surface area (Å²) in [4.78, 5) is 2.32. The molecule has 1 aromatic heterocycles. The summed E-state index contributed by atoms with van der Waals surface area (Å²) >= 11 is 0. The first-order valence-electron chi connectivity index (χ1n) is 18.5. The van der Waals surface area contributed by atoms with Crippen molar-refractivity contribution >= 4 is 49.6 Å². The second-order valence-corrected chi connectivity index (χ2v) is 13.8. The molecule has 0 saturated carbocycles. The summed E-state index contributed by atoms with van der Waals surface area (Å²) in [6.45, 7) is 0. The van der Waals surface area contributed by atoms with E-state index in [9.17, 15) is 0 Å². The number of fused-ring (bicyclic) bond motifs is 5. The minimum atomic E-state index is 1.11. The molecule has 9 aromatic carbocycles. The van der Waals surface area contributed by atoms with E-state index in [1.54, 1.807) is 0 Å². The molecule has 0 radical (unpaired) electrons. The fourth-order valence-electron chi connectivity index (χ4n) is 8.02. The van der Waals surface area contributed by atoms with E-state index in [1.807, 2.05) is 0 Å². The van der Waals surface area contributed by atoms with Crippen LogP contribution in [0.15, 0.2) is 218 Å². The predicted octanol–water partition coefficient (Wildman–Crippen LogP) is 14.4. The van der Waals surface area contributed by atoms with Gasteiger partial charge < -0.3 is 9.47 Å². The van der Waals surface area contributed by atoms with Gasteiger partial charge in [-0.15, -0.1) is 0 Å². The minimum Gasteiger partial charge on any atom is -0.311 e. The van der Waals surface area contributed by atoms with E-state index in [0.717, 1.165) is 22.7 Å². The summed E-state index contributed by atoms with van der Waals surface area (Å²) in [6.07, 6.45) is 0. The second-order valence-electron chi connectivity index (χ2n) is 13.8. The lowest BCUT2D eigenvalue weighted by molar-refractivity contribution is 1.19. The third-order valence-corrected chi connectivity index (χ3v) is 10.6. The average Bonchev–Trinajstić information content (AvgIpc) is 3.60. The molecule has 0 aliphatic heterocycles. The van der Waals surface area contributed by atoms with E-state index in [1.165, 1.54) is 66.0 Å². The van der Waals surface area contributed by atoms with Gasteiger partial charge in [0.25, 0.3) is 0 Å². The molecule has 254 valence electrons. The van der Waals surface area contributed by atoms with Crippen molar-refractivity contribution in [2.45, 2.75) is 0 Å². The first kappa shape index (κ1) is 31.6. The lowest BCUT2D eigenvalue weighted by atomic mass is 9.94. The number of hydrogen-bond acceptors (Lipinski definition) is 1. The Morgan fingerprint density at radius 3 is 1.44 bits per heavy atom. The van der Waals surface area contributed by atoms with Gasteiger partial charge in [0.1, 0.15) is 0 Å². The molecule has 1 heterocycles. The SMILES string of the molecule is c1ccc(-c2ccc(N(c3ccccc3)c3ccc(-c4ccccc4-c4ccc(-n5c6ccccc6c6ccc7ccccc7c65)cc4)cc3)cc2)cc1. The van der Waals surface area contributed by atoms with E-state index in [2.05, 4.69) is 228 Å². The number of hydrogen-bond donors (Lipinski definition) is 0. The Morgan fingerprint density at radius 2 is 0.778 bits per heavy atom. The van der Waals surface area contributed by atoms with Crippen LogP contribution in [-0.4, -0.2) is 4.57 Å². The molecule has 2 heteroatoms. The number of benzene rings is 9. The fourth-order valence-corrected chi connectivity index (χ4v) is 8.02. The first-order chi connectivity index (χ1) is 26.8. The summed E-state index contributed by atoms with van der Waals surface area (Å²) < 4.78 is 2.43. The molecule has 0 spiro atoms. The lowest BCUT2D eigenvalue weighted by Gasteiger charge is -2.26. The van der Waals surface area contributed by atoms with Gasteiger partial charge in [-0.05, 0) is 93.4 Å². The molecule has 0 N–H and O–H groups in total. The van der Waals surface area contributed by atoms with Crippen molar-refractivity contribution in [3.8, 4) is 39.1 Å². The van der Waals surface area contributed by atoms with Crippen molar-refractivity contribution in [2.75, 3.05) is 4.90 Å². The Kier molecular flexibility index (Phi) is 7.85. The van der Waals surface area contributed by atoms with Crippen molar-refractivity contribution in [1.82, 2.24) is 4.57 Å². The van der Waals surface area contributed by atoms with Gasteiger partial charge in [-0.2, -0.15) is 0 Å². The average molecular weight is 689 g/mol. The van der Waals surface area contributed by atoms with Gasteiger partial charge in [-0.3, -0.25) is 0 Å². The Bertz CT molecular complexity index is 2890. The molecule has 2 nitrogen and oxygen atoms in total. The highest BCUT2D eigenvalue weighted by atomic mass is 15.1. The maximum Gasteiger partial charge on any atom is 0.0619 e. The van der Waals surface area contributed by atoms with Crippen LogP contribution < -0.4 is 4.90 Å². The highest BCUT2D eigenvalue weighted by Crippen LogP contribution is 2.40. The van der Waals surface area contributed by atoms with Gasteiger partial charge >= 0.3 is 0 Å². The molecule has 0 aliphatic carbocycles. The van der Waals surface area contributed by atoms with Crippen LogP contribution in [-0.2, 0) is 0 Å². The van der Waals surface area contributed by atoms with E-state index < -0.39 is 0 Å². The molecular weight excluding hydrogens is 653 g/mol. The molecule has 0 amide bonds. The Labute approximate surface area is 315 Å². The highest BCUT2D eigenvalue weighted by Gasteiger charge is 2.17. The van der Waals surface area contributed by atoms with Crippen molar-refractivity contribution < 1.29 is 0 Å². The zero-order valence-electron chi connectivity index (χ0n) is 29.7. The monoisotopic (exact) mass is 688 g/mol.